The summed E-state index contributed by atoms with van der Waals surface area (Å²) >= 11 is 0. The van der Waals surface area contributed by atoms with Crippen LogP contribution in [-0.4, -0.2) is 59.8 Å². The largest absolute Gasteiger partial charge is 0.417 e. The molecule has 2 aliphatic heterocycles. The molecule has 1 saturated heterocycles. The maximum Gasteiger partial charge on any atom is 0.417 e. The molecule has 5 rings (SSSR count). The van der Waals surface area contributed by atoms with Crippen LogP contribution in [-0.2, 0) is 11.0 Å². The number of piperazine rings is 1. The minimum atomic E-state index is -4.67. The summed E-state index contributed by atoms with van der Waals surface area (Å²) in [5.41, 5.74) is -0.727. The van der Waals surface area contributed by atoms with Gasteiger partial charge in [0.2, 0.25) is 5.91 Å². The Balaban J connectivity index is 1.30. The van der Waals surface area contributed by atoms with Crippen LogP contribution < -0.4 is 15.5 Å². The molecule has 11 heteroatoms. The van der Waals surface area contributed by atoms with Crippen LogP contribution in [0, 0.1) is 5.92 Å². The molecule has 2 N–H and O–H groups in total. The third-order valence-electron chi connectivity index (χ3n) is 6.63. The molecule has 8 nitrogen and oxygen atoms in total. The zero-order valence-electron chi connectivity index (χ0n) is 18.8. The smallest absolute Gasteiger partial charge is 0.352 e. The van der Waals surface area contributed by atoms with Gasteiger partial charge in [-0.3, -0.25) is 14.4 Å². The van der Waals surface area contributed by atoms with Crippen molar-refractivity contribution in [3.63, 3.8) is 0 Å². The lowest BCUT2D eigenvalue weighted by atomic mass is 10.0. The summed E-state index contributed by atoms with van der Waals surface area (Å²) in [6.45, 7) is 0.841. The maximum atomic E-state index is 13.4. The number of nitrogens with zero attached hydrogens (tertiary/aromatic N) is 3. The molecular weight excluding hydrogens is 463 g/mol. The van der Waals surface area contributed by atoms with E-state index in [1.54, 1.807) is 11.0 Å². The zero-order valence-corrected chi connectivity index (χ0v) is 18.8. The fraction of sp³-hybridized carbons (Fsp3) is 0.417. The van der Waals surface area contributed by atoms with Gasteiger partial charge < -0.3 is 20.4 Å². The van der Waals surface area contributed by atoms with Gasteiger partial charge in [0.25, 0.3) is 11.8 Å². The fourth-order valence-corrected chi connectivity index (χ4v) is 4.55. The highest BCUT2D eigenvalue weighted by Gasteiger charge is 2.42. The predicted molar refractivity (Wildman–Crippen MR) is 121 cm³/mol. The first kappa shape index (κ1) is 23.1. The van der Waals surface area contributed by atoms with Crippen molar-refractivity contribution >= 4 is 29.2 Å². The molecule has 1 aromatic heterocycles. The summed E-state index contributed by atoms with van der Waals surface area (Å²) in [5.74, 6) is -0.293. The van der Waals surface area contributed by atoms with Crippen molar-refractivity contribution < 1.29 is 27.6 Å². The van der Waals surface area contributed by atoms with Crippen LogP contribution in [0.1, 0.15) is 45.5 Å². The standard InChI is InChI=1S/C24H24F3N5O3/c25-24(26,27)17-4-2-1-3-16(17)23(35)31-9-10-32-19(13-31)22(34)30-18-11-15(12-29-20(18)32)21(33)28-8-7-14-5-6-14/h1-4,11-12,14,19H,5-10,13H2,(H,28,33)(H,30,34). The topological polar surface area (TPSA) is 94.6 Å². The molecule has 1 aromatic carbocycles. The number of aromatic nitrogens is 1. The molecule has 3 heterocycles. The van der Waals surface area contributed by atoms with Crippen molar-refractivity contribution in [2.24, 2.45) is 5.92 Å². The summed E-state index contributed by atoms with van der Waals surface area (Å²) in [6.07, 6.45) is 0.130. The molecule has 2 fully saturated rings. The molecule has 1 atom stereocenters. The number of amides is 3. The summed E-state index contributed by atoms with van der Waals surface area (Å²) in [6, 6.07) is 5.40. The molecule has 3 aliphatic rings. The number of carbonyl (C=O) groups is 3. The van der Waals surface area contributed by atoms with Crippen LogP contribution in [0.3, 0.4) is 0 Å². The van der Waals surface area contributed by atoms with Gasteiger partial charge in [-0.2, -0.15) is 13.2 Å². The number of halogens is 3. The predicted octanol–water partition coefficient (Wildman–Crippen LogP) is 2.91. The van der Waals surface area contributed by atoms with E-state index < -0.39 is 35.2 Å². The first-order valence-corrected chi connectivity index (χ1v) is 11.5. The summed E-state index contributed by atoms with van der Waals surface area (Å²) in [7, 11) is 0. The number of carbonyl (C=O) groups excluding carboxylic acids is 3. The van der Waals surface area contributed by atoms with E-state index in [0.717, 1.165) is 18.6 Å². The highest BCUT2D eigenvalue weighted by atomic mass is 19.4. The lowest BCUT2D eigenvalue weighted by Crippen LogP contribution is -2.61. The Morgan fingerprint density at radius 2 is 1.94 bits per heavy atom. The number of hydrogen-bond donors (Lipinski definition) is 2. The van der Waals surface area contributed by atoms with Gasteiger partial charge in [-0.25, -0.2) is 4.98 Å². The Labute approximate surface area is 199 Å². The number of rotatable bonds is 5. The number of alkyl halides is 3. The fourth-order valence-electron chi connectivity index (χ4n) is 4.55. The quantitative estimate of drug-likeness (QED) is 0.677. The number of benzene rings is 1. The Hall–Kier alpha value is -3.63. The SMILES string of the molecule is O=C(NCCC1CC1)c1cnc2c(c1)NC(=O)C1CN(C(=O)c3ccccc3C(F)(F)F)CCN21. The van der Waals surface area contributed by atoms with Crippen LogP contribution in [0.2, 0.25) is 0 Å². The molecule has 0 radical (unpaired) electrons. The van der Waals surface area contributed by atoms with E-state index in [1.165, 1.54) is 36.1 Å². The van der Waals surface area contributed by atoms with E-state index in [4.69, 9.17) is 0 Å². The number of nitrogens with one attached hydrogen (secondary N) is 2. The zero-order chi connectivity index (χ0) is 24.7. The monoisotopic (exact) mass is 487 g/mol. The average molecular weight is 487 g/mol. The Morgan fingerprint density at radius 1 is 1.17 bits per heavy atom. The lowest BCUT2D eigenvalue weighted by molar-refractivity contribution is -0.138. The second-order valence-corrected chi connectivity index (χ2v) is 9.08. The van der Waals surface area contributed by atoms with Crippen LogP contribution in [0.15, 0.2) is 36.5 Å². The van der Waals surface area contributed by atoms with Crippen LogP contribution in [0.4, 0.5) is 24.7 Å². The van der Waals surface area contributed by atoms with E-state index in [0.29, 0.717) is 29.5 Å². The second kappa shape index (κ2) is 8.86. The molecule has 0 spiro atoms. The van der Waals surface area contributed by atoms with Gasteiger partial charge in [-0.1, -0.05) is 25.0 Å². The highest BCUT2D eigenvalue weighted by Crippen LogP contribution is 2.35. The van der Waals surface area contributed by atoms with E-state index in [-0.39, 0.29) is 25.5 Å². The average Bonchev–Trinajstić information content (AvgIpc) is 3.67. The molecule has 3 amide bonds. The van der Waals surface area contributed by atoms with E-state index in [2.05, 4.69) is 15.6 Å². The van der Waals surface area contributed by atoms with Crippen molar-refractivity contribution in [3.8, 4) is 0 Å². The van der Waals surface area contributed by atoms with Crippen molar-refractivity contribution in [2.75, 3.05) is 36.4 Å². The summed E-state index contributed by atoms with van der Waals surface area (Å²) in [5, 5.41) is 5.60. The summed E-state index contributed by atoms with van der Waals surface area (Å²) < 4.78 is 40.2. The third kappa shape index (κ3) is 4.67. The number of fused-ring (bicyclic) bond motifs is 3. The Bertz CT molecular complexity index is 1180. The van der Waals surface area contributed by atoms with Crippen molar-refractivity contribution in [1.29, 1.82) is 0 Å². The molecule has 35 heavy (non-hydrogen) atoms. The van der Waals surface area contributed by atoms with Crippen LogP contribution >= 0.6 is 0 Å². The second-order valence-electron chi connectivity index (χ2n) is 9.08. The molecule has 184 valence electrons. The van der Waals surface area contributed by atoms with Crippen molar-refractivity contribution in [2.45, 2.75) is 31.5 Å². The number of anilines is 2. The minimum Gasteiger partial charge on any atom is -0.352 e. The van der Waals surface area contributed by atoms with Gasteiger partial charge in [0.05, 0.1) is 28.9 Å². The molecular formula is C24H24F3N5O3. The van der Waals surface area contributed by atoms with E-state index >= 15 is 0 Å². The van der Waals surface area contributed by atoms with Gasteiger partial charge in [0.1, 0.15) is 6.04 Å². The molecule has 1 unspecified atom stereocenters. The first-order valence-electron chi connectivity index (χ1n) is 11.5. The van der Waals surface area contributed by atoms with E-state index in [1.807, 2.05) is 0 Å². The minimum absolute atomic E-state index is 0.0820. The third-order valence-corrected chi connectivity index (χ3v) is 6.63. The van der Waals surface area contributed by atoms with Crippen molar-refractivity contribution in [3.05, 3.63) is 53.2 Å². The molecule has 2 aromatic rings. The maximum absolute atomic E-state index is 13.4. The Kier molecular flexibility index (Phi) is 5.86. The van der Waals surface area contributed by atoms with Crippen LogP contribution in [0.25, 0.3) is 0 Å². The lowest BCUT2D eigenvalue weighted by Gasteiger charge is -2.44. The van der Waals surface area contributed by atoms with E-state index in [9.17, 15) is 27.6 Å². The normalized spacial score (nSPS) is 19.5. The van der Waals surface area contributed by atoms with Gasteiger partial charge in [0, 0.05) is 25.8 Å². The van der Waals surface area contributed by atoms with Crippen LogP contribution in [0.5, 0.6) is 0 Å². The van der Waals surface area contributed by atoms with Crippen molar-refractivity contribution in [1.82, 2.24) is 15.2 Å². The Morgan fingerprint density at radius 3 is 2.69 bits per heavy atom. The first-order chi connectivity index (χ1) is 16.7. The van der Waals surface area contributed by atoms with Gasteiger partial charge in [0.15, 0.2) is 5.82 Å². The number of pyridine rings is 1. The number of hydrogen-bond acceptors (Lipinski definition) is 5. The van der Waals surface area contributed by atoms with Gasteiger partial charge in [-0.05, 0) is 30.5 Å². The van der Waals surface area contributed by atoms with Gasteiger partial charge in [-0.15, -0.1) is 0 Å². The van der Waals surface area contributed by atoms with Gasteiger partial charge >= 0.3 is 6.18 Å². The molecule has 0 bridgehead atoms. The summed E-state index contributed by atoms with van der Waals surface area (Å²) in [4.78, 5) is 45.6. The highest BCUT2D eigenvalue weighted by molar-refractivity contribution is 6.05. The molecule has 1 saturated carbocycles. The molecule has 1 aliphatic carbocycles.